The molecule has 0 spiro atoms. The molecule has 1 aromatic carbocycles. The Morgan fingerprint density at radius 3 is 2.42 bits per heavy atom. The highest BCUT2D eigenvalue weighted by molar-refractivity contribution is 9.10. The monoisotopic (exact) mass is 224 g/mol. The van der Waals surface area contributed by atoms with Gasteiger partial charge in [-0.15, -0.1) is 0 Å². The van der Waals surface area contributed by atoms with Gasteiger partial charge < -0.3 is 5.32 Å². The van der Waals surface area contributed by atoms with Crippen LogP contribution in [0.25, 0.3) is 0 Å². The number of halogens is 1. The Kier molecular flexibility index (Phi) is 3.27. The summed E-state index contributed by atoms with van der Waals surface area (Å²) in [7, 11) is 1.77. The summed E-state index contributed by atoms with van der Waals surface area (Å²) in [5.74, 6) is 0. The standard InChI is InChI=1S/C9H9BrN2/c1-12-9(6-11)7-2-4-8(10)5-3-7/h2-5,9,12H,1H3. The van der Waals surface area contributed by atoms with Crippen molar-refractivity contribution in [1.29, 1.82) is 5.26 Å². The smallest absolute Gasteiger partial charge is 0.121 e. The lowest BCUT2D eigenvalue weighted by Crippen LogP contribution is -2.13. The average molecular weight is 225 g/mol. The molecule has 0 saturated heterocycles. The van der Waals surface area contributed by atoms with Crippen LogP contribution >= 0.6 is 15.9 Å². The SMILES string of the molecule is CNC(C#N)c1ccc(Br)cc1. The molecule has 0 aliphatic heterocycles. The topological polar surface area (TPSA) is 35.8 Å². The Morgan fingerprint density at radius 2 is 2.00 bits per heavy atom. The molecule has 2 nitrogen and oxygen atoms in total. The molecule has 1 N–H and O–H groups in total. The second kappa shape index (κ2) is 4.24. The summed E-state index contributed by atoms with van der Waals surface area (Å²) < 4.78 is 1.03. The van der Waals surface area contributed by atoms with Gasteiger partial charge in [-0.25, -0.2) is 0 Å². The number of benzene rings is 1. The number of nitrogens with zero attached hydrogens (tertiary/aromatic N) is 1. The first-order chi connectivity index (χ1) is 5.77. The summed E-state index contributed by atoms with van der Waals surface area (Å²) in [5, 5.41) is 11.6. The van der Waals surface area contributed by atoms with E-state index in [9.17, 15) is 0 Å². The summed E-state index contributed by atoms with van der Waals surface area (Å²) in [6.07, 6.45) is 0. The van der Waals surface area contributed by atoms with Gasteiger partial charge in [0.1, 0.15) is 6.04 Å². The van der Waals surface area contributed by atoms with Crippen molar-refractivity contribution in [3.63, 3.8) is 0 Å². The van der Waals surface area contributed by atoms with Crippen molar-refractivity contribution in [2.45, 2.75) is 6.04 Å². The maximum atomic E-state index is 8.72. The van der Waals surface area contributed by atoms with Gasteiger partial charge in [0.15, 0.2) is 0 Å². The summed E-state index contributed by atoms with van der Waals surface area (Å²) in [4.78, 5) is 0. The van der Waals surface area contributed by atoms with Crippen LogP contribution < -0.4 is 5.32 Å². The fraction of sp³-hybridized carbons (Fsp3) is 0.222. The number of nitriles is 1. The van der Waals surface area contributed by atoms with Crippen molar-refractivity contribution in [3.05, 3.63) is 34.3 Å². The molecule has 0 bridgehead atoms. The number of nitrogens with one attached hydrogen (secondary N) is 1. The van der Waals surface area contributed by atoms with Gasteiger partial charge in [0.25, 0.3) is 0 Å². The number of hydrogen-bond donors (Lipinski definition) is 1. The summed E-state index contributed by atoms with van der Waals surface area (Å²) in [6.45, 7) is 0. The zero-order chi connectivity index (χ0) is 8.97. The highest BCUT2D eigenvalue weighted by atomic mass is 79.9. The molecule has 0 aliphatic carbocycles. The lowest BCUT2D eigenvalue weighted by atomic mass is 10.1. The van der Waals surface area contributed by atoms with Crippen LogP contribution in [-0.4, -0.2) is 7.05 Å². The van der Waals surface area contributed by atoms with Gasteiger partial charge >= 0.3 is 0 Å². The van der Waals surface area contributed by atoms with Crippen LogP contribution in [-0.2, 0) is 0 Å². The molecule has 0 amide bonds. The van der Waals surface area contributed by atoms with Crippen LogP contribution in [0.3, 0.4) is 0 Å². The Balaban J connectivity index is 2.89. The Labute approximate surface area is 80.3 Å². The molecule has 3 heteroatoms. The van der Waals surface area contributed by atoms with Crippen LogP contribution in [0.5, 0.6) is 0 Å². The molecule has 0 heterocycles. The minimum Gasteiger partial charge on any atom is -0.301 e. The molecular formula is C9H9BrN2. The maximum Gasteiger partial charge on any atom is 0.121 e. The molecule has 0 fully saturated rings. The molecule has 1 aromatic rings. The van der Waals surface area contributed by atoms with Crippen LogP contribution in [0.15, 0.2) is 28.7 Å². The van der Waals surface area contributed by atoms with E-state index in [2.05, 4.69) is 27.3 Å². The molecule has 0 saturated carbocycles. The first-order valence-electron chi connectivity index (χ1n) is 3.60. The van der Waals surface area contributed by atoms with Crippen molar-refractivity contribution in [3.8, 4) is 6.07 Å². The Bertz CT molecular complexity index is 286. The van der Waals surface area contributed by atoms with Gasteiger partial charge in [-0.2, -0.15) is 5.26 Å². The molecule has 0 aliphatic rings. The minimum atomic E-state index is -0.210. The molecule has 1 unspecified atom stereocenters. The largest absolute Gasteiger partial charge is 0.301 e. The van der Waals surface area contributed by atoms with E-state index in [1.54, 1.807) is 7.05 Å². The van der Waals surface area contributed by atoms with Crippen LogP contribution in [0, 0.1) is 11.3 Å². The highest BCUT2D eigenvalue weighted by Gasteiger charge is 2.05. The zero-order valence-electron chi connectivity index (χ0n) is 6.71. The molecule has 0 radical (unpaired) electrons. The fourth-order valence-corrected chi connectivity index (χ4v) is 1.23. The lowest BCUT2D eigenvalue weighted by molar-refractivity contribution is 0.727. The van der Waals surface area contributed by atoms with Gasteiger partial charge in [-0.1, -0.05) is 28.1 Å². The van der Waals surface area contributed by atoms with Crippen molar-refractivity contribution in [2.75, 3.05) is 7.05 Å². The predicted octanol–water partition coefficient (Wildman–Crippen LogP) is 2.23. The maximum absolute atomic E-state index is 8.72. The zero-order valence-corrected chi connectivity index (χ0v) is 8.30. The molecular weight excluding hydrogens is 216 g/mol. The third-order valence-corrected chi connectivity index (χ3v) is 2.15. The third-order valence-electron chi connectivity index (χ3n) is 1.62. The van der Waals surface area contributed by atoms with Crippen molar-refractivity contribution in [1.82, 2.24) is 5.32 Å². The predicted molar refractivity (Wildman–Crippen MR) is 51.6 cm³/mol. The van der Waals surface area contributed by atoms with Crippen LogP contribution in [0.2, 0.25) is 0 Å². The Hall–Kier alpha value is -0.850. The number of rotatable bonds is 2. The van der Waals surface area contributed by atoms with E-state index in [1.807, 2.05) is 24.3 Å². The molecule has 12 heavy (non-hydrogen) atoms. The second-order valence-corrected chi connectivity index (χ2v) is 3.32. The first-order valence-corrected chi connectivity index (χ1v) is 4.39. The number of hydrogen-bond acceptors (Lipinski definition) is 2. The van der Waals surface area contributed by atoms with Gasteiger partial charge in [-0.3, -0.25) is 0 Å². The van der Waals surface area contributed by atoms with Crippen molar-refractivity contribution >= 4 is 15.9 Å². The van der Waals surface area contributed by atoms with Gasteiger partial charge in [0, 0.05) is 4.47 Å². The average Bonchev–Trinajstić information content (AvgIpc) is 2.10. The van der Waals surface area contributed by atoms with E-state index in [0.717, 1.165) is 10.0 Å². The van der Waals surface area contributed by atoms with Crippen LogP contribution in [0.4, 0.5) is 0 Å². The van der Waals surface area contributed by atoms with Crippen LogP contribution in [0.1, 0.15) is 11.6 Å². The van der Waals surface area contributed by atoms with Gasteiger partial charge in [0.2, 0.25) is 0 Å². The molecule has 1 atom stereocenters. The molecule has 0 aromatic heterocycles. The minimum absolute atomic E-state index is 0.210. The third kappa shape index (κ3) is 2.07. The summed E-state index contributed by atoms with van der Waals surface area (Å²) in [5.41, 5.74) is 0.989. The van der Waals surface area contributed by atoms with Gasteiger partial charge in [0.05, 0.1) is 6.07 Å². The molecule has 62 valence electrons. The summed E-state index contributed by atoms with van der Waals surface area (Å²) >= 11 is 3.34. The molecule has 1 rings (SSSR count). The summed E-state index contributed by atoms with van der Waals surface area (Å²) in [6, 6.07) is 9.66. The van der Waals surface area contributed by atoms with E-state index < -0.39 is 0 Å². The first kappa shape index (κ1) is 9.24. The normalized spacial score (nSPS) is 12.1. The second-order valence-electron chi connectivity index (χ2n) is 2.40. The lowest BCUT2D eigenvalue weighted by Gasteiger charge is -2.06. The van der Waals surface area contributed by atoms with E-state index in [0.29, 0.717) is 0 Å². The van der Waals surface area contributed by atoms with Gasteiger partial charge in [-0.05, 0) is 24.7 Å². The Morgan fingerprint density at radius 1 is 1.42 bits per heavy atom. The van der Waals surface area contributed by atoms with E-state index in [4.69, 9.17) is 5.26 Å². The van der Waals surface area contributed by atoms with Crippen molar-refractivity contribution in [2.24, 2.45) is 0 Å². The van der Waals surface area contributed by atoms with E-state index >= 15 is 0 Å². The highest BCUT2D eigenvalue weighted by Crippen LogP contribution is 2.15. The van der Waals surface area contributed by atoms with Crippen molar-refractivity contribution < 1.29 is 0 Å². The van der Waals surface area contributed by atoms with E-state index in [1.165, 1.54) is 0 Å². The van der Waals surface area contributed by atoms with E-state index in [-0.39, 0.29) is 6.04 Å². The fourth-order valence-electron chi connectivity index (χ4n) is 0.961. The quantitative estimate of drug-likeness (QED) is 0.837.